The van der Waals surface area contributed by atoms with Crippen molar-refractivity contribution in [3.63, 3.8) is 0 Å². The van der Waals surface area contributed by atoms with Gasteiger partial charge in [-0.3, -0.25) is 0 Å². The lowest BCUT2D eigenvalue weighted by Crippen LogP contribution is -2.19. The highest BCUT2D eigenvalue weighted by molar-refractivity contribution is 6.32. The van der Waals surface area contributed by atoms with E-state index in [1.54, 1.807) is 12.1 Å². The molecule has 0 fully saturated rings. The van der Waals surface area contributed by atoms with Crippen molar-refractivity contribution in [3.05, 3.63) is 22.7 Å². The Morgan fingerprint density at radius 2 is 1.90 bits per heavy atom. The molecule has 0 bridgehead atoms. The van der Waals surface area contributed by atoms with Crippen LogP contribution in [-0.2, 0) is 10.6 Å². The average Bonchev–Trinajstić information content (AvgIpc) is 2.38. The minimum Gasteiger partial charge on any atom is -0.493 e. The number of hydrogen-bond donors (Lipinski definition) is 0. The second-order valence-corrected chi connectivity index (χ2v) is 4.43. The molecule has 0 saturated carbocycles. The van der Waals surface area contributed by atoms with Crippen molar-refractivity contribution in [3.8, 4) is 11.5 Å². The molecule has 0 spiro atoms. The third-order valence-electron chi connectivity index (χ3n) is 2.18. The second-order valence-electron chi connectivity index (χ2n) is 3.76. The Hall–Kier alpha value is -0.850. The molecule has 1 aromatic carbocycles. The molecule has 0 atom stereocenters. The molecule has 0 heterocycles. The summed E-state index contributed by atoms with van der Waals surface area (Å²) in [6, 6.07) is 3.24. The summed E-state index contributed by atoms with van der Waals surface area (Å²) in [6.45, 7) is -1.60. The number of hydrogen-bond acceptors (Lipinski definition) is 3. The van der Waals surface area contributed by atoms with Gasteiger partial charge in [-0.2, -0.15) is 13.2 Å². The Morgan fingerprint density at radius 1 is 1.20 bits per heavy atom. The number of alkyl halides is 4. The molecule has 0 aliphatic carbocycles. The normalized spacial score (nSPS) is 11.5. The van der Waals surface area contributed by atoms with Crippen molar-refractivity contribution in [1.29, 1.82) is 0 Å². The molecule has 0 aliphatic heterocycles. The standard InChI is InChI=1S/C12H13Cl2F3O3/c1-18-10-5-8(6-13)4-9(14)11(10)20-3-2-19-7-12(15,16)17/h4-5H,2-3,6-7H2,1H3. The first-order valence-corrected chi connectivity index (χ1v) is 6.48. The van der Waals surface area contributed by atoms with E-state index in [9.17, 15) is 13.2 Å². The molecule has 114 valence electrons. The van der Waals surface area contributed by atoms with Gasteiger partial charge in [0.2, 0.25) is 0 Å². The first-order valence-electron chi connectivity index (χ1n) is 5.57. The van der Waals surface area contributed by atoms with Crippen LogP contribution in [0.5, 0.6) is 11.5 Å². The summed E-state index contributed by atoms with van der Waals surface area (Å²) in [4.78, 5) is 0. The highest BCUT2D eigenvalue weighted by atomic mass is 35.5. The van der Waals surface area contributed by atoms with Crippen molar-refractivity contribution >= 4 is 23.2 Å². The van der Waals surface area contributed by atoms with Gasteiger partial charge in [-0.25, -0.2) is 0 Å². The Morgan fingerprint density at radius 3 is 2.45 bits per heavy atom. The lowest BCUT2D eigenvalue weighted by molar-refractivity contribution is -0.175. The van der Waals surface area contributed by atoms with Gasteiger partial charge in [0, 0.05) is 5.88 Å². The number of methoxy groups -OCH3 is 1. The summed E-state index contributed by atoms with van der Waals surface area (Å²) in [5.41, 5.74) is 0.745. The van der Waals surface area contributed by atoms with Crippen LogP contribution in [0.25, 0.3) is 0 Å². The van der Waals surface area contributed by atoms with Gasteiger partial charge in [-0.05, 0) is 17.7 Å². The van der Waals surface area contributed by atoms with Crippen LogP contribution in [-0.4, -0.2) is 33.1 Å². The summed E-state index contributed by atoms with van der Waals surface area (Å²) < 4.78 is 50.4. The van der Waals surface area contributed by atoms with Crippen LogP contribution in [0.4, 0.5) is 13.2 Å². The van der Waals surface area contributed by atoms with Crippen LogP contribution < -0.4 is 9.47 Å². The van der Waals surface area contributed by atoms with Crippen molar-refractivity contribution in [2.24, 2.45) is 0 Å². The molecule has 1 aromatic rings. The minimum atomic E-state index is -4.35. The van der Waals surface area contributed by atoms with Gasteiger partial charge >= 0.3 is 6.18 Å². The third-order valence-corrected chi connectivity index (χ3v) is 2.77. The quantitative estimate of drug-likeness (QED) is 0.557. The Labute approximate surface area is 124 Å². The second kappa shape index (κ2) is 7.81. The van der Waals surface area contributed by atoms with E-state index in [0.29, 0.717) is 5.75 Å². The smallest absolute Gasteiger partial charge is 0.411 e. The molecule has 1 rings (SSSR count). The number of benzene rings is 1. The van der Waals surface area contributed by atoms with Crippen LogP contribution in [0.3, 0.4) is 0 Å². The summed E-state index contributed by atoms with van der Waals surface area (Å²) in [7, 11) is 1.43. The fraction of sp³-hybridized carbons (Fsp3) is 0.500. The van der Waals surface area contributed by atoms with E-state index < -0.39 is 12.8 Å². The summed E-state index contributed by atoms with van der Waals surface area (Å²) in [5.74, 6) is 0.869. The summed E-state index contributed by atoms with van der Waals surface area (Å²) >= 11 is 11.7. The van der Waals surface area contributed by atoms with Crippen molar-refractivity contribution in [2.75, 3.05) is 26.9 Å². The van der Waals surface area contributed by atoms with Gasteiger partial charge < -0.3 is 14.2 Å². The molecule has 0 saturated heterocycles. The van der Waals surface area contributed by atoms with Crippen molar-refractivity contribution in [2.45, 2.75) is 12.1 Å². The molecule has 8 heteroatoms. The molecule has 0 amide bonds. The Balaban J connectivity index is 2.55. The molecule has 0 N–H and O–H groups in total. The van der Waals surface area contributed by atoms with Gasteiger partial charge in [0.1, 0.15) is 13.2 Å². The van der Waals surface area contributed by atoms with Gasteiger partial charge in [0.15, 0.2) is 11.5 Å². The van der Waals surface area contributed by atoms with E-state index in [0.717, 1.165) is 5.56 Å². The van der Waals surface area contributed by atoms with E-state index in [1.165, 1.54) is 7.11 Å². The zero-order valence-corrected chi connectivity index (χ0v) is 12.1. The summed E-state index contributed by atoms with van der Waals surface area (Å²) in [5, 5.41) is 0.274. The molecule has 20 heavy (non-hydrogen) atoms. The minimum absolute atomic E-state index is 0.0770. The monoisotopic (exact) mass is 332 g/mol. The largest absolute Gasteiger partial charge is 0.493 e. The fourth-order valence-corrected chi connectivity index (χ4v) is 1.82. The maximum Gasteiger partial charge on any atom is 0.411 e. The number of ether oxygens (including phenoxy) is 3. The van der Waals surface area contributed by atoms with Crippen molar-refractivity contribution < 1.29 is 27.4 Å². The van der Waals surface area contributed by atoms with E-state index in [1.807, 2.05) is 0 Å². The predicted octanol–water partition coefficient (Wildman–Crippen LogP) is 4.05. The predicted molar refractivity (Wildman–Crippen MR) is 69.9 cm³/mol. The summed E-state index contributed by atoms with van der Waals surface area (Å²) in [6.07, 6.45) is -4.35. The van der Waals surface area contributed by atoms with Gasteiger partial charge in [0.05, 0.1) is 18.7 Å². The Bertz CT molecular complexity index is 439. The Kier molecular flexibility index (Phi) is 6.71. The zero-order chi connectivity index (χ0) is 15.2. The lowest BCUT2D eigenvalue weighted by atomic mass is 10.2. The molecular formula is C12H13Cl2F3O3. The SMILES string of the molecule is COc1cc(CCl)cc(Cl)c1OCCOCC(F)(F)F. The van der Waals surface area contributed by atoms with Crippen molar-refractivity contribution in [1.82, 2.24) is 0 Å². The van der Waals surface area contributed by atoms with Gasteiger partial charge in [0.25, 0.3) is 0 Å². The maximum atomic E-state index is 11.9. The average molecular weight is 333 g/mol. The first-order chi connectivity index (χ1) is 9.37. The van der Waals surface area contributed by atoms with E-state index in [4.69, 9.17) is 32.7 Å². The van der Waals surface area contributed by atoms with Crippen LogP contribution in [0.15, 0.2) is 12.1 Å². The number of rotatable bonds is 7. The molecule has 0 unspecified atom stereocenters. The highest BCUT2D eigenvalue weighted by Gasteiger charge is 2.27. The molecule has 0 aliphatic rings. The topological polar surface area (TPSA) is 27.7 Å². The van der Waals surface area contributed by atoms with Crippen LogP contribution in [0, 0.1) is 0 Å². The van der Waals surface area contributed by atoms with Crippen LogP contribution in [0.2, 0.25) is 5.02 Å². The van der Waals surface area contributed by atoms with Gasteiger partial charge in [-0.1, -0.05) is 11.6 Å². The molecular weight excluding hydrogens is 320 g/mol. The maximum absolute atomic E-state index is 11.9. The molecule has 0 aromatic heterocycles. The van der Waals surface area contributed by atoms with E-state index >= 15 is 0 Å². The zero-order valence-electron chi connectivity index (χ0n) is 10.6. The molecule has 0 radical (unpaired) electrons. The third kappa shape index (κ3) is 5.64. The first kappa shape index (κ1) is 17.2. The van der Waals surface area contributed by atoms with Crippen LogP contribution in [0.1, 0.15) is 5.56 Å². The fourth-order valence-electron chi connectivity index (χ4n) is 1.38. The van der Waals surface area contributed by atoms with Crippen LogP contribution >= 0.6 is 23.2 Å². The van der Waals surface area contributed by atoms with Gasteiger partial charge in [-0.15, -0.1) is 11.6 Å². The highest BCUT2D eigenvalue weighted by Crippen LogP contribution is 2.36. The van der Waals surface area contributed by atoms with E-state index in [-0.39, 0.29) is 29.9 Å². The molecule has 3 nitrogen and oxygen atoms in total. The number of halogens is 5. The lowest BCUT2D eigenvalue weighted by Gasteiger charge is -2.14. The van der Waals surface area contributed by atoms with E-state index in [2.05, 4.69) is 4.74 Å².